The lowest BCUT2D eigenvalue weighted by molar-refractivity contribution is 0.118. The average molecular weight is 398 g/mol. The van der Waals surface area contributed by atoms with E-state index in [2.05, 4.69) is 19.0 Å². The van der Waals surface area contributed by atoms with Crippen molar-refractivity contribution < 1.29 is 17.5 Å². The zero-order valence-corrected chi connectivity index (χ0v) is 15.7. The average Bonchev–Trinajstić information content (AvgIpc) is 3.13. The number of rotatable bonds is 4. The number of fused-ring (bicyclic) bond motifs is 1. The first kappa shape index (κ1) is 17.6. The van der Waals surface area contributed by atoms with Crippen LogP contribution in [0.15, 0.2) is 23.4 Å². The number of ether oxygens (including phenoxy) is 1. The van der Waals surface area contributed by atoms with Crippen LogP contribution in [0.1, 0.15) is 37.3 Å². The standard InChI is InChI=1S/C16H19FN4O3S2/c17-12-8-11-13(21-5-2-1-3-6-21)4-7-24-14(11)9-15(12)26(22,23)20-16-18-10-19-25-16/h8-10,13H,1-7H2,(H,18,19,20)/t13-/m0/s1. The van der Waals surface area contributed by atoms with E-state index in [1.165, 1.54) is 24.9 Å². The molecule has 7 nitrogen and oxygen atoms in total. The van der Waals surface area contributed by atoms with Crippen molar-refractivity contribution in [2.75, 3.05) is 24.4 Å². The van der Waals surface area contributed by atoms with E-state index < -0.39 is 20.7 Å². The van der Waals surface area contributed by atoms with Gasteiger partial charge in [0.15, 0.2) is 0 Å². The maximum atomic E-state index is 14.7. The van der Waals surface area contributed by atoms with Crippen LogP contribution in [-0.2, 0) is 10.0 Å². The maximum absolute atomic E-state index is 14.7. The molecular weight excluding hydrogens is 379 g/mol. The fourth-order valence-corrected chi connectivity index (χ4v) is 5.31. The third-order valence-electron chi connectivity index (χ3n) is 4.78. The monoisotopic (exact) mass is 398 g/mol. The minimum atomic E-state index is -4.10. The highest BCUT2D eigenvalue weighted by atomic mass is 32.2. The molecular formula is C16H19FN4O3S2. The lowest BCUT2D eigenvalue weighted by Crippen LogP contribution is -2.36. The number of hydrogen-bond donors (Lipinski definition) is 1. The summed E-state index contributed by atoms with van der Waals surface area (Å²) in [7, 11) is -4.10. The molecule has 4 rings (SSSR count). The van der Waals surface area contributed by atoms with E-state index in [0.717, 1.165) is 49.4 Å². The fraction of sp³-hybridized carbons (Fsp3) is 0.500. The van der Waals surface area contributed by atoms with Crippen LogP contribution in [0.3, 0.4) is 0 Å². The number of nitrogens with one attached hydrogen (secondary N) is 1. The number of sulfonamides is 1. The number of aromatic nitrogens is 2. The SMILES string of the molecule is O=S(=O)(Nc1ncns1)c1cc2c(cc1F)[C@@H](N1CCCCC1)CCO2. The number of likely N-dealkylation sites (tertiary alicyclic amines) is 1. The highest BCUT2D eigenvalue weighted by Crippen LogP contribution is 2.39. The van der Waals surface area contributed by atoms with E-state index in [1.54, 1.807) is 0 Å². The Kier molecular flexibility index (Phi) is 4.80. The topological polar surface area (TPSA) is 84.4 Å². The first-order valence-corrected chi connectivity index (χ1v) is 10.8. The first-order chi connectivity index (χ1) is 12.5. The maximum Gasteiger partial charge on any atom is 0.266 e. The van der Waals surface area contributed by atoms with Crippen LogP contribution in [0.2, 0.25) is 0 Å². The molecule has 2 aromatic rings. The number of hydrogen-bond acceptors (Lipinski definition) is 7. The van der Waals surface area contributed by atoms with Crippen LogP contribution in [0.25, 0.3) is 0 Å². The second-order valence-corrected chi connectivity index (χ2v) is 8.85. The van der Waals surface area contributed by atoms with Crippen molar-refractivity contribution >= 4 is 26.7 Å². The van der Waals surface area contributed by atoms with Gasteiger partial charge in [0.25, 0.3) is 10.0 Å². The molecule has 1 aromatic carbocycles. The largest absolute Gasteiger partial charge is 0.493 e. The van der Waals surface area contributed by atoms with E-state index in [4.69, 9.17) is 4.74 Å². The molecule has 140 valence electrons. The first-order valence-electron chi connectivity index (χ1n) is 8.54. The molecule has 0 radical (unpaired) electrons. The van der Waals surface area contributed by atoms with Crippen molar-refractivity contribution in [3.8, 4) is 5.75 Å². The molecule has 1 N–H and O–H groups in total. The molecule has 0 spiro atoms. The predicted octanol–water partition coefficient (Wildman–Crippen LogP) is 2.79. The smallest absolute Gasteiger partial charge is 0.266 e. The van der Waals surface area contributed by atoms with Crippen LogP contribution in [0.4, 0.5) is 9.52 Å². The Bertz CT molecular complexity index is 883. The highest BCUT2D eigenvalue weighted by Gasteiger charge is 2.31. The predicted molar refractivity (Wildman–Crippen MR) is 95.4 cm³/mol. The zero-order valence-electron chi connectivity index (χ0n) is 14.0. The lowest BCUT2D eigenvalue weighted by atomic mass is 9.96. The van der Waals surface area contributed by atoms with Crippen LogP contribution in [0.5, 0.6) is 5.75 Å². The third kappa shape index (κ3) is 3.40. The quantitative estimate of drug-likeness (QED) is 0.853. The van der Waals surface area contributed by atoms with Crippen molar-refractivity contribution in [3.63, 3.8) is 0 Å². The Morgan fingerprint density at radius 1 is 1.27 bits per heavy atom. The van der Waals surface area contributed by atoms with E-state index in [1.807, 2.05) is 0 Å². The second-order valence-electron chi connectivity index (χ2n) is 6.42. The van der Waals surface area contributed by atoms with Crippen molar-refractivity contribution in [1.82, 2.24) is 14.3 Å². The molecule has 0 unspecified atom stereocenters. The van der Waals surface area contributed by atoms with Crippen molar-refractivity contribution in [1.29, 1.82) is 0 Å². The minimum absolute atomic E-state index is 0.0708. The van der Waals surface area contributed by atoms with E-state index >= 15 is 0 Å². The van der Waals surface area contributed by atoms with E-state index in [-0.39, 0.29) is 11.2 Å². The summed E-state index contributed by atoms with van der Waals surface area (Å²) >= 11 is 0.887. The van der Waals surface area contributed by atoms with Crippen molar-refractivity contribution in [3.05, 3.63) is 29.8 Å². The molecule has 2 aliphatic heterocycles. The Hall–Kier alpha value is -1.78. The molecule has 0 aliphatic carbocycles. The highest BCUT2D eigenvalue weighted by molar-refractivity contribution is 7.93. The molecule has 1 aromatic heterocycles. The summed E-state index contributed by atoms with van der Waals surface area (Å²) in [6, 6.07) is 2.66. The normalized spacial score (nSPS) is 21.0. The number of benzene rings is 1. The summed E-state index contributed by atoms with van der Waals surface area (Å²) in [5.41, 5.74) is 0.727. The molecule has 0 amide bonds. The van der Waals surface area contributed by atoms with Crippen molar-refractivity contribution in [2.24, 2.45) is 0 Å². The van der Waals surface area contributed by atoms with Gasteiger partial charge in [0.05, 0.1) is 6.61 Å². The van der Waals surface area contributed by atoms with Gasteiger partial charge < -0.3 is 4.74 Å². The minimum Gasteiger partial charge on any atom is -0.493 e. The van der Waals surface area contributed by atoms with Crippen LogP contribution < -0.4 is 9.46 Å². The van der Waals surface area contributed by atoms with Gasteiger partial charge in [0, 0.05) is 35.6 Å². The van der Waals surface area contributed by atoms with Crippen molar-refractivity contribution in [2.45, 2.75) is 36.6 Å². The fourth-order valence-electron chi connectivity index (χ4n) is 3.57. The lowest BCUT2D eigenvalue weighted by Gasteiger charge is -2.38. The Morgan fingerprint density at radius 3 is 2.81 bits per heavy atom. The zero-order chi connectivity index (χ0) is 18.1. The number of nitrogens with zero attached hydrogens (tertiary/aromatic N) is 3. The third-order valence-corrected chi connectivity index (χ3v) is 6.84. The summed E-state index contributed by atoms with van der Waals surface area (Å²) < 4.78 is 51.4. The van der Waals surface area contributed by atoms with Gasteiger partial charge in [-0.15, -0.1) is 0 Å². The van der Waals surface area contributed by atoms with Gasteiger partial charge in [0.2, 0.25) is 5.13 Å². The van der Waals surface area contributed by atoms with Crippen LogP contribution >= 0.6 is 11.5 Å². The molecule has 1 fully saturated rings. The van der Waals surface area contributed by atoms with Gasteiger partial charge in [-0.1, -0.05) is 6.42 Å². The number of anilines is 1. The summed E-state index contributed by atoms with van der Waals surface area (Å²) in [4.78, 5) is 5.68. The Balaban J connectivity index is 1.67. The number of piperidine rings is 1. The Labute approximate surface area is 155 Å². The molecule has 0 saturated carbocycles. The van der Waals surface area contributed by atoms with Gasteiger partial charge in [-0.3, -0.25) is 9.62 Å². The summed E-state index contributed by atoms with van der Waals surface area (Å²) in [6.07, 6.45) is 5.50. The van der Waals surface area contributed by atoms with Gasteiger partial charge in [0.1, 0.15) is 22.8 Å². The summed E-state index contributed by atoms with van der Waals surface area (Å²) in [5.74, 6) is -0.348. The molecule has 10 heteroatoms. The van der Waals surface area contributed by atoms with E-state index in [9.17, 15) is 12.8 Å². The van der Waals surface area contributed by atoms with Gasteiger partial charge in [-0.05, 0) is 32.0 Å². The molecule has 2 aliphatic rings. The van der Waals surface area contributed by atoms with Crippen LogP contribution in [-0.4, -0.2) is 42.4 Å². The summed E-state index contributed by atoms with van der Waals surface area (Å²) in [5, 5.41) is 0.0919. The van der Waals surface area contributed by atoms with Crippen LogP contribution in [0, 0.1) is 5.82 Å². The molecule has 0 bridgehead atoms. The summed E-state index contributed by atoms with van der Waals surface area (Å²) in [6.45, 7) is 2.44. The Morgan fingerprint density at radius 2 is 2.08 bits per heavy atom. The molecule has 1 saturated heterocycles. The molecule has 26 heavy (non-hydrogen) atoms. The van der Waals surface area contributed by atoms with Gasteiger partial charge in [-0.25, -0.2) is 17.8 Å². The van der Waals surface area contributed by atoms with E-state index in [0.29, 0.717) is 12.4 Å². The van der Waals surface area contributed by atoms with Gasteiger partial charge >= 0.3 is 0 Å². The molecule has 3 heterocycles. The van der Waals surface area contributed by atoms with Gasteiger partial charge in [-0.2, -0.15) is 4.37 Å². The molecule has 1 atom stereocenters. The number of halogens is 1. The second kappa shape index (κ2) is 7.09.